The first kappa shape index (κ1) is 13.3. The van der Waals surface area contributed by atoms with E-state index < -0.39 is 0 Å². The van der Waals surface area contributed by atoms with E-state index in [1.54, 1.807) is 0 Å². The van der Waals surface area contributed by atoms with Gasteiger partial charge in [-0.1, -0.05) is 25.7 Å². The number of hydrogen-bond acceptors (Lipinski definition) is 3. The van der Waals surface area contributed by atoms with E-state index in [2.05, 4.69) is 10.6 Å². The number of fused-ring (bicyclic) bond motifs is 1. The van der Waals surface area contributed by atoms with Gasteiger partial charge in [0.2, 0.25) is 5.91 Å². The molecule has 0 bridgehead atoms. The number of aryl methyl sites for hydroxylation is 1. The minimum atomic E-state index is 0.0997. The Kier molecular flexibility index (Phi) is 3.81. The second-order valence-electron chi connectivity index (χ2n) is 5.98. The quantitative estimate of drug-likeness (QED) is 0.572. The number of hydrogen-bond donors (Lipinski definition) is 3. The molecule has 4 heteroatoms. The second-order valence-corrected chi connectivity index (χ2v) is 5.98. The Morgan fingerprint density at radius 1 is 1.10 bits per heavy atom. The lowest BCUT2D eigenvalue weighted by molar-refractivity contribution is -0.116. The number of amides is 1. The SMILES string of the molecule is Nc1cc2c(cc1NC1CCCCCC1)NC(=O)CC2. The molecule has 4 nitrogen and oxygen atoms in total. The van der Waals surface area contributed by atoms with E-state index in [0.29, 0.717) is 12.5 Å². The largest absolute Gasteiger partial charge is 0.397 e. The van der Waals surface area contributed by atoms with Crippen LogP contribution in [0.4, 0.5) is 17.1 Å². The highest BCUT2D eigenvalue weighted by Crippen LogP contribution is 2.32. The van der Waals surface area contributed by atoms with Crippen molar-refractivity contribution in [3.05, 3.63) is 17.7 Å². The fraction of sp³-hybridized carbons (Fsp3) is 0.562. The predicted molar refractivity (Wildman–Crippen MR) is 82.9 cm³/mol. The first-order valence-corrected chi connectivity index (χ1v) is 7.71. The van der Waals surface area contributed by atoms with Crippen LogP contribution in [0.1, 0.15) is 50.5 Å². The number of carbonyl (C=O) groups is 1. The van der Waals surface area contributed by atoms with Crippen LogP contribution in [-0.4, -0.2) is 11.9 Å². The number of nitrogens with two attached hydrogens (primary N) is 1. The molecule has 1 amide bonds. The van der Waals surface area contributed by atoms with Gasteiger partial charge in [0.25, 0.3) is 0 Å². The third-order valence-corrected chi connectivity index (χ3v) is 4.39. The maximum absolute atomic E-state index is 11.5. The van der Waals surface area contributed by atoms with Crippen molar-refractivity contribution < 1.29 is 4.79 Å². The molecule has 0 radical (unpaired) electrons. The molecule has 0 aromatic heterocycles. The topological polar surface area (TPSA) is 67.2 Å². The van der Waals surface area contributed by atoms with Gasteiger partial charge < -0.3 is 16.4 Å². The average Bonchev–Trinajstić information content (AvgIpc) is 2.69. The average molecular weight is 273 g/mol. The van der Waals surface area contributed by atoms with Crippen molar-refractivity contribution >= 4 is 23.0 Å². The van der Waals surface area contributed by atoms with Gasteiger partial charge in [0, 0.05) is 18.2 Å². The van der Waals surface area contributed by atoms with Gasteiger partial charge in [0.05, 0.1) is 11.4 Å². The summed E-state index contributed by atoms with van der Waals surface area (Å²) in [6, 6.07) is 4.53. The maximum Gasteiger partial charge on any atom is 0.224 e. The zero-order valence-electron chi connectivity index (χ0n) is 11.9. The molecule has 1 aliphatic heterocycles. The molecule has 1 aromatic rings. The van der Waals surface area contributed by atoms with Crippen LogP contribution < -0.4 is 16.4 Å². The number of nitrogens with one attached hydrogen (secondary N) is 2. The molecule has 3 rings (SSSR count). The Hall–Kier alpha value is -1.71. The summed E-state index contributed by atoms with van der Waals surface area (Å²) in [7, 11) is 0. The standard InChI is InChI=1S/C16H23N3O/c17-13-9-11-7-8-16(20)19-14(11)10-15(13)18-12-5-3-1-2-4-6-12/h9-10,12,18H,1-8,17H2,(H,19,20). The Bertz CT molecular complexity index is 505. The van der Waals surface area contributed by atoms with Crippen LogP contribution in [0.25, 0.3) is 0 Å². The Morgan fingerprint density at radius 2 is 1.85 bits per heavy atom. The van der Waals surface area contributed by atoms with Crippen LogP contribution in [0.15, 0.2) is 12.1 Å². The summed E-state index contributed by atoms with van der Waals surface area (Å²) in [5.74, 6) is 0.0997. The second kappa shape index (κ2) is 5.73. The highest BCUT2D eigenvalue weighted by molar-refractivity contribution is 5.95. The molecule has 1 aromatic carbocycles. The van der Waals surface area contributed by atoms with Gasteiger partial charge in [-0.15, -0.1) is 0 Å². The number of carbonyl (C=O) groups excluding carboxylic acids is 1. The monoisotopic (exact) mass is 273 g/mol. The van der Waals surface area contributed by atoms with Gasteiger partial charge >= 0.3 is 0 Å². The predicted octanol–water partition coefficient (Wildman–Crippen LogP) is 3.29. The molecule has 1 aliphatic carbocycles. The fourth-order valence-electron chi connectivity index (χ4n) is 3.22. The van der Waals surface area contributed by atoms with Crippen molar-refractivity contribution in [1.82, 2.24) is 0 Å². The maximum atomic E-state index is 11.5. The van der Waals surface area contributed by atoms with Crippen LogP contribution in [0.5, 0.6) is 0 Å². The number of anilines is 3. The van der Waals surface area contributed by atoms with E-state index in [1.807, 2.05) is 12.1 Å². The molecule has 1 saturated carbocycles. The van der Waals surface area contributed by atoms with Gasteiger partial charge in [-0.25, -0.2) is 0 Å². The highest BCUT2D eigenvalue weighted by atomic mass is 16.1. The van der Waals surface area contributed by atoms with E-state index in [4.69, 9.17) is 5.73 Å². The third-order valence-electron chi connectivity index (χ3n) is 4.39. The molecule has 20 heavy (non-hydrogen) atoms. The Morgan fingerprint density at radius 3 is 2.60 bits per heavy atom. The number of rotatable bonds is 2. The van der Waals surface area contributed by atoms with Crippen molar-refractivity contribution in [2.75, 3.05) is 16.4 Å². The highest BCUT2D eigenvalue weighted by Gasteiger charge is 2.18. The van der Waals surface area contributed by atoms with E-state index in [1.165, 1.54) is 38.5 Å². The van der Waals surface area contributed by atoms with Gasteiger partial charge in [0.15, 0.2) is 0 Å². The zero-order valence-corrected chi connectivity index (χ0v) is 11.9. The van der Waals surface area contributed by atoms with E-state index in [9.17, 15) is 4.79 Å². The lowest BCUT2D eigenvalue weighted by Crippen LogP contribution is -2.22. The van der Waals surface area contributed by atoms with Crippen LogP contribution in [-0.2, 0) is 11.2 Å². The smallest absolute Gasteiger partial charge is 0.224 e. The summed E-state index contributed by atoms with van der Waals surface area (Å²) in [5, 5.41) is 6.52. The van der Waals surface area contributed by atoms with E-state index in [-0.39, 0.29) is 5.91 Å². The molecule has 1 heterocycles. The van der Waals surface area contributed by atoms with Crippen molar-refractivity contribution in [3.63, 3.8) is 0 Å². The van der Waals surface area contributed by atoms with Gasteiger partial charge in [0.1, 0.15) is 0 Å². The lowest BCUT2D eigenvalue weighted by atomic mass is 10.0. The lowest BCUT2D eigenvalue weighted by Gasteiger charge is -2.23. The van der Waals surface area contributed by atoms with E-state index >= 15 is 0 Å². The summed E-state index contributed by atoms with van der Waals surface area (Å²) in [4.78, 5) is 11.5. The van der Waals surface area contributed by atoms with Gasteiger partial charge in [-0.2, -0.15) is 0 Å². The molecule has 1 fully saturated rings. The summed E-state index contributed by atoms with van der Waals surface area (Å²) >= 11 is 0. The van der Waals surface area contributed by atoms with Gasteiger partial charge in [-0.3, -0.25) is 4.79 Å². The fourth-order valence-corrected chi connectivity index (χ4v) is 3.22. The minimum Gasteiger partial charge on any atom is -0.397 e. The van der Waals surface area contributed by atoms with Crippen molar-refractivity contribution in [2.24, 2.45) is 0 Å². The van der Waals surface area contributed by atoms with Crippen LogP contribution >= 0.6 is 0 Å². The molecule has 0 spiro atoms. The van der Waals surface area contributed by atoms with Gasteiger partial charge in [-0.05, 0) is 37.0 Å². The van der Waals surface area contributed by atoms with Crippen molar-refractivity contribution in [3.8, 4) is 0 Å². The summed E-state index contributed by atoms with van der Waals surface area (Å²) < 4.78 is 0. The van der Waals surface area contributed by atoms with Crippen LogP contribution in [0.3, 0.4) is 0 Å². The molecule has 0 unspecified atom stereocenters. The molecule has 108 valence electrons. The number of benzene rings is 1. The molecule has 0 saturated heterocycles. The third kappa shape index (κ3) is 2.89. The minimum absolute atomic E-state index is 0.0997. The zero-order chi connectivity index (χ0) is 13.9. The Labute approximate surface area is 120 Å². The first-order chi connectivity index (χ1) is 9.72. The molecular formula is C16H23N3O. The van der Waals surface area contributed by atoms with Crippen molar-refractivity contribution in [1.29, 1.82) is 0 Å². The van der Waals surface area contributed by atoms with Crippen molar-refractivity contribution in [2.45, 2.75) is 57.4 Å². The normalized spacial score (nSPS) is 19.9. The van der Waals surface area contributed by atoms with E-state index in [0.717, 1.165) is 29.0 Å². The molecular weight excluding hydrogens is 250 g/mol. The summed E-state index contributed by atoms with van der Waals surface area (Å²) in [6.45, 7) is 0. The first-order valence-electron chi connectivity index (χ1n) is 7.71. The molecule has 0 atom stereocenters. The number of nitrogen functional groups attached to an aromatic ring is 1. The van der Waals surface area contributed by atoms with Crippen LogP contribution in [0, 0.1) is 0 Å². The molecule has 2 aliphatic rings. The molecule has 4 N–H and O–H groups in total. The van der Waals surface area contributed by atoms with Crippen LogP contribution in [0.2, 0.25) is 0 Å². The summed E-state index contributed by atoms with van der Waals surface area (Å²) in [5.41, 5.74) is 10.00. The summed E-state index contributed by atoms with van der Waals surface area (Å²) in [6.07, 6.45) is 9.03. The Balaban J connectivity index is 1.78.